The highest BCUT2D eigenvalue weighted by Gasteiger charge is 2.20. The number of carbonyl (C=O) groups excluding carboxylic acids is 1. The molecule has 1 atom stereocenters. The number of amides is 1. The maximum absolute atomic E-state index is 12.3. The second-order valence-corrected chi connectivity index (χ2v) is 5.54. The van der Waals surface area contributed by atoms with E-state index in [2.05, 4.69) is 10.4 Å². The molecule has 0 spiro atoms. The van der Waals surface area contributed by atoms with Crippen LogP contribution < -0.4 is 5.32 Å². The molecular weight excluding hydrogens is 252 g/mol. The number of aryl methyl sites for hydroxylation is 1. The summed E-state index contributed by atoms with van der Waals surface area (Å²) in [5, 5.41) is 7.50. The summed E-state index contributed by atoms with van der Waals surface area (Å²) in [5.74, 6) is 0.256. The van der Waals surface area contributed by atoms with Gasteiger partial charge in [-0.3, -0.25) is 9.48 Å². The second-order valence-electron chi connectivity index (χ2n) is 5.54. The van der Waals surface area contributed by atoms with Gasteiger partial charge in [0.15, 0.2) is 0 Å². The van der Waals surface area contributed by atoms with Gasteiger partial charge < -0.3 is 10.2 Å². The average molecular weight is 278 g/mol. The lowest BCUT2D eigenvalue weighted by Crippen LogP contribution is -2.45. The summed E-state index contributed by atoms with van der Waals surface area (Å²) >= 11 is 0. The Labute approximate surface area is 121 Å². The van der Waals surface area contributed by atoms with Crippen molar-refractivity contribution in [2.75, 3.05) is 19.6 Å². The third-order valence-corrected chi connectivity index (χ3v) is 3.86. The van der Waals surface area contributed by atoms with Gasteiger partial charge in [0.05, 0.1) is 6.04 Å². The highest BCUT2D eigenvalue weighted by Crippen LogP contribution is 2.10. The minimum Gasteiger partial charge on any atom is -0.341 e. The van der Waals surface area contributed by atoms with Gasteiger partial charge in [0, 0.05) is 32.0 Å². The number of hydrogen-bond acceptors (Lipinski definition) is 3. The molecule has 1 fully saturated rings. The maximum atomic E-state index is 12.3. The van der Waals surface area contributed by atoms with E-state index in [9.17, 15) is 4.79 Å². The normalized spacial score (nSPS) is 17.8. The molecule has 0 aliphatic carbocycles. The standard InChI is InChI=1S/C15H26N4O/c1-14(15(20)18-10-4-2-3-5-11-18)16-8-6-12-19-13-7-9-17-19/h7,9,13-14,16H,2-6,8,10-12H2,1H3. The average Bonchev–Trinajstić information content (AvgIpc) is 2.83. The first-order valence-electron chi connectivity index (χ1n) is 7.77. The molecule has 0 saturated carbocycles. The Morgan fingerprint density at radius 3 is 2.70 bits per heavy atom. The SMILES string of the molecule is CC(NCCCn1cccn1)C(=O)N1CCCCCC1. The molecule has 1 aromatic rings. The van der Waals surface area contributed by atoms with Crippen LogP contribution in [0.5, 0.6) is 0 Å². The van der Waals surface area contributed by atoms with E-state index in [-0.39, 0.29) is 11.9 Å². The highest BCUT2D eigenvalue weighted by molar-refractivity contribution is 5.81. The summed E-state index contributed by atoms with van der Waals surface area (Å²) in [6.07, 6.45) is 9.56. The molecule has 1 amide bonds. The first kappa shape index (κ1) is 15.0. The van der Waals surface area contributed by atoms with Crippen molar-refractivity contribution in [3.8, 4) is 0 Å². The summed E-state index contributed by atoms with van der Waals surface area (Å²) in [4.78, 5) is 14.3. The Kier molecular flexibility index (Phi) is 6.05. The van der Waals surface area contributed by atoms with Crippen LogP contribution in [0.15, 0.2) is 18.5 Å². The van der Waals surface area contributed by atoms with E-state index in [0.717, 1.165) is 45.4 Å². The molecule has 112 valence electrons. The van der Waals surface area contributed by atoms with Crippen LogP contribution in [0, 0.1) is 0 Å². The highest BCUT2D eigenvalue weighted by atomic mass is 16.2. The lowest BCUT2D eigenvalue weighted by atomic mass is 10.2. The minimum atomic E-state index is -0.0780. The summed E-state index contributed by atoms with van der Waals surface area (Å²) in [6.45, 7) is 5.57. The molecule has 0 aromatic carbocycles. The second kappa shape index (κ2) is 8.04. The molecule has 20 heavy (non-hydrogen) atoms. The van der Waals surface area contributed by atoms with Gasteiger partial charge in [-0.05, 0) is 38.8 Å². The van der Waals surface area contributed by atoms with E-state index in [1.54, 1.807) is 6.20 Å². The van der Waals surface area contributed by atoms with Crippen molar-refractivity contribution < 1.29 is 4.79 Å². The topological polar surface area (TPSA) is 50.2 Å². The third-order valence-electron chi connectivity index (χ3n) is 3.86. The van der Waals surface area contributed by atoms with Gasteiger partial charge >= 0.3 is 0 Å². The van der Waals surface area contributed by atoms with Crippen molar-refractivity contribution in [2.24, 2.45) is 0 Å². The number of aromatic nitrogens is 2. The summed E-state index contributed by atoms with van der Waals surface area (Å²) < 4.78 is 1.92. The van der Waals surface area contributed by atoms with Gasteiger partial charge in [-0.15, -0.1) is 0 Å². The van der Waals surface area contributed by atoms with Crippen LogP contribution in [0.4, 0.5) is 0 Å². The Morgan fingerprint density at radius 2 is 2.05 bits per heavy atom. The molecule has 1 aliphatic rings. The van der Waals surface area contributed by atoms with Crippen LogP contribution in [-0.4, -0.2) is 46.3 Å². The summed E-state index contributed by atoms with van der Waals surface area (Å²) in [7, 11) is 0. The fourth-order valence-electron chi connectivity index (χ4n) is 2.64. The molecule has 2 rings (SSSR count). The Morgan fingerprint density at radius 1 is 1.30 bits per heavy atom. The van der Waals surface area contributed by atoms with Crippen molar-refractivity contribution >= 4 is 5.91 Å². The number of likely N-dealkylation sites (tertiary alicyclic amines) is 1. The molecule has 0 bridgehead atoms. The molecule has 1 aliphatic heterocycles. The molecule has 1 N–H and O–H groups in total. The molecule has 1 aromatic heterocycles. The first-order valence-corrected chi connectivity index (χ1v) is 7.77. The number of hydrogen-bond donors (Lipinski definition) is 1. The number of rotatable bonds is 6. The number of carbonyl (C=O) groups is 1. The van der Waals surface area contributed by atoms with E-state index < -0.39 is 0 Å². The maximum Gasteiger partial charge on any atom is 0.239 e. The Balaban J connectivity index is 1.65. The van der Waals surface area contributed by atoms with E-state index in [4.69, 9.17) is 0 Å². The minimum absolute atomic E-state index is 0.0780. The van der Waals surface area contributed by atoms with Crippen LogP contribution in [0.3, 0.4) is 0 Å². The zero-order valence-corrected chi connectivity index (χ0v) is 12.4. The van der Waals surface area contributed by atoms with Crippen LogP contribution in [0.1, 0.15) is 39.0 Å². The van der Waals surface area contributed by atoms with Crippen molar-refractivity contribution in [3.63, 3.8) is 0 Å². The fraction of sp³-hybridized carbons (Fsp3) is 0.733. The summed E-state index contributed by atoms with van der Waals surface area (Å²) in [5.41, 5.74) is 0. The first-order chi connectivity index (χ1) is 9.77. The van der Waals surface area contributed by atoms with Crippen molar-refractivity contribution in [3.05, 3.63) is 18.5 Å². The van der Waals surface area contributed by atoms with Crippen LogP contribution in [-0.2, 0) is 11.3 Å². The zero-order valence-electron chi connectivity index (χ0n) is 12.4. The summed E-state index contributed by atoms with van der Waals surface area (Å²) in [6, 6.07) is 1.85. The van der Waals surface area contributed by atoms with Gasteiger partial charge in [-0.25, -0.2) is 0 Å². The van der Waals surface area contributed by atoms with Crippen molar-refractivity contribution in [1.29, 1.82) is 0 Å². The van der Waals surface area contributed by atoms with Crippen LogP contribution in [0.25, 0.3) is 0 Å². The number of nitrogens with zero attached hydrogens (tertiary/aromatic N) is 3. The van der Waals surface area contributed by atoms with E-state index in [1.807, 2.05) is 28.8 Å². The largest absolute Gasteiger partial charge is 0.341 e. The van der Waals surface area contributed by atoms with E-state index in [0.29, 0.717) is 0 Å². The van der Waals surface area contributed by atoms with Gasteiger partial charge in [0.25, 0.3) is 0 Å². The van der Waals surface area contributed by atoms with Gasteiger partial charge in [0.2, 0.25) is 5.91 Å². The van der Waals surface area contributed by atoms with Crippen LogP contribution in [0.2, 0.25) is 0 Å². The van der Waals surface area contributed by atoms with E-state index >= 15 is 0 Å². The monoisotopic (exact) mass is 278 g/mol. The molecule has 2 heterocycles. The number of nitrogens with one attached hydrogen (secondary N) is 1. The lowest BCUT2D eigenvalue weighted by Gasteiger charge is -2.24. The molecule has 1 saturated heterocycles. The van der Waals surface area contributed by atoms with Crippen molar-refractivity contribution in [1.82, 2.24) is 20.0 Å². The van der Waals surface area contributed by atoms with Crippen LogP contribution >= 0.6 is 0 Å². The quantitative estimate of drug-likeness (QED) is 0.805. The van der Waals surface area contributed by atoms with Crippen molar-refractivity contribution in [2.45, 2.75) is 51.6 Å². The predicted molar refractivity (Wildman–Crippen MR) is 79.4 cm³/mol. The van der Waals surface area contributed by atoms with E-state index in [1.165, 1.54) is 12.8 Å². The predicted octanol–water partition coefficient (Wildman–Crippen LogP) is 1.65. The molecule has 1 unspecified atom stereocenters. The van der Waals surface area contributed by atoms with Gasteiger partial charge in [-0.2, -0.15) is 5.10 Å². The van der Waals surface area contributed by atoms with Gasteiger partial charge in [-0.1, -0.05) is 12.8 Å². The Bertz CT molecular complexity index is 383. The van der Waals surface area contributed by atoms with Gasteiger partial charge in [0.1, 0.15) is 0 Å². The Hall–Kier alpha value is -1.36. The molecular formula is C15H26N4O. The molecule has 0 radical (unpaired) electrons. The fourth-order valence-corrected chi connectivity index (χ4v) is 2.64. The zero-order chi connectivity index (χ0) is 14.2. The lowest BCUT2D eigenvalue weighted by molar-refractivity contribution is -0.133. The molecule has 5 heteroatoms. The smallest absolute Gasteiger partial charge is 0.239 e. The third kappa shape index (κ3) is 4.63. The molecule has 5 nitrogen and oxygen atoms in total.